The van der Waals surface area contributed by atoms with E-state index in [4.69, 9.17) is 10.5 Å². The molecule has 0 bridgehead atoms. The van der Waals surface area contributed by atoms with Gasteiger partial charge >= 0.3 is 0 Å². The van der Waals surface area contributed by atoms with Crippen LogP contribution in [-0.4, -0.2) is 16.1 Å². The normalized spacial score (nSPS) is 24.8. The Labute approximate surface area is 103 Å². The molecule has 2 N–H and O–H groups in total. The van der Waals surface area contributed by atoms with E-state index in [1.54, 1.807) is 12.4 Å². The van der Waals surface area contributed by atoms with E-state index in [0.29, 0.717) is 24.4 Å². The Morgan fingerprint density at radius 3 is 2.82 bits per heavy atom. The molecule has 1 heterocycles. The van der Waals surface area contributed by atoms with Gasteiger partial charge in [0, 0.05) is 0 Å². The van der Waals surface area contributed by atoms with Gasteiger partial charge in [-0.2, -0.15) is 0 Å². The maximum Gasteiger partial charge on any atom is 0.141 e. The third kappa shape index (κ3) is 3.40. The Kier molecular flexibility index (Phi) is 4.31. The minimum atomic E-state index is 0.396. The van der Waals surface area contributed by atoms with Crippen molar-refractivity contribution in [2.24, 2.45) is 5.92 Å². The van der Waals surface area contributed by atoms with Gasteiger partial charge in [-0.15, -0.1) is 0 Å². The molecule has 2 unspecified atom stereocenters. The summed E-state index contributed by atoms with van der Waals surface area (Å²) in [5.41, 5.74) is 6.36. The van der Waals surface area contributed by atoms with Gasteiger partial charge in [-0.05, 0) is 18.8 Å². The molecule has 1 aliphatic carbocycles. The van der Waals surface area contributed by atoms with Gasteiger partial charge < -0.3 is 10.5 Å². The smallest absolute Gasteiger partial charge is 0.141 e. The van der Waals surface area contributed by atoms with Crippen molar-refractivity contribution in [1.82, 2.24) is 9.97 Å². The molecule has 4 heteroatoms. The van der Waals surface area contributed by atoms with Crippen molar-refractivity contribution in [3.63, 3.8) is 0 Å². The van der Waals surface area contributed by atoms with E-state index in [-0.39, 0.29) is 0 Å². The van der Waals surface area contributed by atoms with Crippen LogP contribution in [-0.2, 0) is 11.3 Å². The van der Waals surface area contributed by atoms with Crippen molar-refractivity contribution in [3.05, 3.63) is 18.1 Å². The monoisotopic (exact) mass is 235 g/mol. The van der Waals surface area contributed by atoms with Crippen molar-refractivity contribution in [2.75, 3.05) is 5.73 Å². The van der Waals surface area contributed by atoms with Gasteiger partial charge in [0.1, 0.15) is 5.82 Å². The predicted molar refractivity (Wildman–Crippen MR) is 67.3 cm³/mol. The Bertz CT molecular complexity index is 339. The molecule has 2 atom stereocenters. The number of nitrogen functional groups attached to an aromatic ring is 1. The zero-order valence-electron chi connectivity index (χ0n) is 10.4. The maximum absolute atomic E-state index is 5.97. The summed E-state index contributed by atoms with van der Waals surface area (Å²) in [6.07, 6.45) is 9.99. The lowest BCUT2D eigenvalue weighted by Gasteiger charge is -2.30. The minimum absolute atomic E-state index is 0.396. The molecule has 1 aromatic heterocycles. The Morgan fingerprint density at radius 1 is 1.29 bits per heavy atom. The fourth-order valence-corrected chi connectivity index (χ4v) is 2.49. The zero-order chi connectivity index (χ0) is 12.1. The maximum atomic E-state index is 5.97. The first-order chi connectivity index (χ1) is 8.29. The second-order valence-electron chi connectivity index (χ2n) is 4.73. The molecule has 2 rings (SSSR count). The third-order valence-corrected chi connectivity index (χ3v) is 3.53. The van der Waals surface area contributed by atoms with Gasteiger partial charge in [-0.3, -0.25) is 4.98 Å². The molecule has 1 saturated carbocycles. The van der Waals surface area contributed by atoms with E-state index >= 15 is 0 Å². The fourth-order valence-electron chi connectivity index (χ4n) is 2.49. The number of hydrogen-bond donors (Lipinski definition) is 1. The van der Waals surface area contributed by atoms with E-state index in [2.05, 4.69) is 16.9 Å². The van der Waals surface area contributed by atoms with Gasteiger partial charge in [0.15, 0.2) is 0 Å². The molecule has 4 nitrogen and oxygen atoms in total. The van der Waals surface area contributed by atoms with Crippen molar-refractivity contribution < 1.29 is 4.74 Å². The second kappa shape index (κ2) is 5.96. The van der Waals surface area contributed by atoms with Crippen LogP contribution in [0, 0.1) is 5.92 Å². The summed E-state index contributed by atoms with van der Waals surface area (Å²) in [5.74, 6) is 1.17. The first-order valence-electron chi connectivity index (χ1n) is 6.47. The highest BCUT2D eigenvalue weighted by Gasteiger charge is 2.24. The van der Waals surface area contributed by atoms with E-state index in [9.17, 15) is 0 Å². The Morgan fingerprint density at radius 2 is 2.12 bits per heavy atom. The summed E-state index contributed by atoms with van der Waals surface area (Å²) in [5, 5.41) is 0. The number of nitrogens with zero attached hydrogens (tertiary/aromatic N) is 2. The predicted octanol–water partition coefficient (Wildman–Crippen LogP) is 2.54. The standard InChI is InChI=1S/C13H21N3O/c1-2-10-5-3-4-6-12(10)17-9-11-7-16-13(14)8-15-11/h7-8,10,12H,2-6,9H2,1H3,(H2,14,16). The topological polar surface area (TPSA) is 61.0 Å². The third-order valence-electron chi connectivity index (χ3n) is 3.53. The highest BCUT2D eigenvalue weighted by atomic mass is 16.5. The summed E-state index contributed by atoms with van der Waals surface area (Å²) in [7, 11) is 0. The molecule has 0 amide bonds. The van der Waals surface area contributed by atoms with E-state index in [1.807, 2.05) is 0 Å². The van der Waals surface area contributed by atoms with Crippen LogP contribution in [0.25, 0.3) is 0 Å². The number of aromatic nitrogens is 2. The van der Waals surface area contributed by atoms with Gasteiger partial charge in [-0.1, -0.05) is 26.2 Å². The number of rotatable bonds is 4. The summed E-state index contributed by atoms with van der Waals surface area (Å²) >= 11 is 0. The Hall–Kier alpha value is -1.16. The molecule has 0 aromatic carbocycles. The highest BCUT2D eigenvalue weighted by Crippen LogP contribution is 2.29. The minimum Gasteiger partial charge on any atom is -0.382 e. The SMILES string of the molecule is CCC1CCCCC1OCc1cnc(N)cn1. The molecular formula is C13H21N3O. The molecule has 17 heavy (non-hydrogen) atoms. The molecule has 0 radical (unpaired) electrons. The lowest BCUT2D eigenvalue weighted by molar-refractivity contribution is -0.0235. The number of anilines is 1. The Balaban J connectivity index is 1.86. The van der Waals surface area contributed by atoms with Crippen LogP contribution < -0.4 is 5.73 Å². The van der Waals surface area contributed by atoms with Crippen LogP contribution in [0.1, 0.15) is 44.7 Å². The van der Waals surface area contributed by atoms with Crippen LogP contribution >= 0.6 is 0 Å². The average molecular weight is 235 g/mol. The molecule has 0 saturated heterocycles. The number of ether oxygens (including phenoxy) is 1. The fraction of sp³-hybridized carbons (Fsp3) is 0.692. The molecule has 94 valence electrons. The van der Waals surface area contributed by atoms with Crippen LogP contribution in [0.3, 0.4) is 0 Å². The number of nitrogens with two attached hydrogens (primary N) is 1. The van der Waals surface area contributed by atoms with Crippen LogP contribution in [0.15, 0.2) is 12.4 Å². The average Bonchev–Trinajstić information content (AvgIpc) is 2.38. The van der Waals surface area contributed by atoms with Crippen molar-refractivity contribution >= 4 is 5.82 Å². The van der Waals surface area contributed by atoms with E-state index in [1.165, 1.54) is 32.1 Å². The first kappa shape index (κ1) is 12.3. The van der Waals surface area contributed by atoms with Crippen molar-refractivity contribution in [1.29, 1.82) is 0 Å². The molecule has 0 aliphatic heterocycles. The lowest BCUT2D eigenvalue weighted by Crippen LogP contribution is -2.27. The van der Waals surface area contributed by atoms with E-state index < -0.39 is 0 Å². The van der Waals surface area contributed by atoms with Crippen LogP contribution in [0.4, 0.5) is 5.82 Å². The van der Waals surface area contributed by atoms with Gasteiger partial charge in [0.2, 0.25) is 0 Å². The largest absolute Gasteiger partial charge is 0.382 e. The summed E-state index contributed by atoms with van der Waals surface area (Å²) in [4.78, 5) is 8.22. The first-order valence-corrected chi connectivity index (χ1v) is 6.47. The van der Waals surface area contributed by atoms with Crippen LogP contribution in [0.5, 0.6) is 0 Å². The summed E-state index contributed by atoms with van der Waals surface area (Å²) < 4.78 is 5.97. The van der Waals surface area contributed by atoms with Gasteiger partial charge in [-0.25, -0.2) is 4.98 Å². The van der Waals surface area contributed by atoms with Crippen LogP contribution in [0.2, 0.25) is 0 Å². The zero-order valence-corrected chi connectivity index (χ0v) is 10.4. The second-order valence-corrected chi connectivity index (χ2v) is 4.73. The van der Waals surface area contributed by atoms with Gasteiger partial charge in [0.05, 0.1) is 30.8 Å². The lowest BCUT2D eigenvalue weighted by atomic mass is 9.85. The van der Waals surface area contributed by atoms with Crippen molar-refractivity contribution in [3.8, 4) is 0 Å². The van der Waals surface area contributed by atoms with Crippen molar-refractivity contribution in [2.45, 2.75) is 51.7 Å². The quantitative estimate of drug-likeness (QED) is 0.871. The highest BCUT2D eigenvalue weighted by molar-refractivity contribution is 5.22. The summed E-state index contributed by atoms with van der Waals surface area (Å²) in [6.45, 7) is 2.80. The molecule has 1 fully saturated rings. The molecule has 1 aliphatic rings. The molecule has 1 aromatic rings. The van der Waals surface area contributed by atoms with Gasteiger partial charge in [0.25, 0.3) is 0 Å². The molecule has 0 spiro atoms. The number of hydrogen-bond acceptors (Lipinski definition) is 4. The molecular weight excluding hydrogens is 214 g/mol. The van der Waals surface area contributed by atoms with E-state index in [0.717, 1.165) is 5.69 Å². The summed E-state index contributed by atoms with van der Waals surface area (Å²) in [6, 6.07) is 0.